The number of carbonyl (C=O) groups is 1. The van der Waals surface area contributed by atoms with Gasteiger partial charge in [-0.2, -0.15) is 0 Å². The number of aromatic nitrogens is 1. The summed E-state index contributed by atoms with van der Waals surface area (Å²) in [5, 5.41) is 4.38. The van der Waals surface area contributed by atoms with E-state index in [-0.39, 0.29) is 11.8 Å². The minimum absolute atomic E-state index is 0.00276. The van der Waals surface area contributed by atoms with Gasteiger partial charge in [0.25, 0.3) is 0 Å². The van der Waals surface area contributed by atoms with Gasteiger partial charge in [0.05, 0.1) is 6.04 Å². The molecule has 1 atom stereocenters. The van der Waals surface area contributed by atoms with Crippen LogP contribution in [-0.2, 0) is 6.42 Å². The quantitative estimate of drug-likeness (QED) is 0.829. The molecule has 3 heteroatoms. The average Bonchev–Trinajstić information content (AvgIpc) is 3.03. The largest absolute Gasteiger partial charge is 0.358 e. The molecule has 1 aromatic carbocycles. The summed E-state index contributed by atoms with van der Waals surface area (Å²) in [6.07, 6.45) is 3.05. The Morgan fingerprint density at radius 1 is 1.42 bits per heavy atom. The third kappa shape index (κ3) is 2.08. The highest BCUT2D eigenvalue weighted by Gasteiger charge is 2.26. The van der Waals surface area contributed by atoms with Crippen LogP contribution in [0.3, 0.4) is 0 Å². The lowest BCUT2D eigenvalue weighted by Gasteiger charge is -2.09. The fourth-order valence-electron chi connectivity index (χ4n) is 2.99. The van der Waals surface area contributed by atoms with Gasteiger partial charge in [-0.3, -0.25) is 4.79 Å². The molecule has 0 spiro atoms. The number of fused-ring (bicyclic) bond motifs is 1. The zero-order valence-electron chi connectivity index (χ0n) is 11.5. The number of carbonyl (C=O) groups excluding carboxylic acids is 1. The van der Waals surface area contributed by atoms with Crippen LogP contribution in [0.1, 0.15) is 41.4 Å². The second kappa shape index (κ2) is 4.82. The molecule has 2 heterocycles. The van der Waals surface area contributed by atoms with Gasteiger partial charge in [-0.25, -0.2) is 0 Å². The van der Waals surface area contributed by atoms with Crippen molar-refractivity contribution in [3.8, 4) is 0 Å². The highest BCUT2D eigenvalue weighted by atomic mass is 16.1. The number of rotatable bonds is 3. The maximum atomic E-state index is 12.7. The molecule has 1 aromatic heterocycles. The summed E-state index contributed by atoms with van der Waals surface area (Å²) < 4.78 is 0. The van der Waals surface area contributed by atoms with Crippen molar-refractivity contribution in [2.75, 3.05) is 6.54 Å². The van der Waals surface area contributed by atoms with E-state index in [0.29, 0.717) is 0 Å². The van der Waals surface area contributed by atoms with Crippen LogP contribution < -0.4 is 5.32 Å². The van der Waals surface area contributed by atoms with E-state index in [9.17, 15) is 4.79 Å². The summed E-state index contributed by atoms with van der Waals surface area (Å²) in [7, 11) is 0. The fraction of sp³-hybridized carbons (Fsp3) is 0.438. The van der Waals surface area contributed by atoms with Gasteiger partial charge in [-0.1, -0.05) is 13.0 Å². The van der Waals surface area contributed by atoms with Crippen molar-refractivity contribution in [1.29, 1.82) is 0 Å². The van der Waals surface area contributed by atoms with Crippen molar-refractivity contribution in [1.82, 2.24) is 10.3 Å². The summed E-state index contributed by atoms with van der Waals surface area (Å²) in [6, 6.07) is 6.37. The standard InChI is InChI=1S/C16H20N2O/c1-3-11-6-7-13-12(9-11)15(10(2)18-13)16(19)14-5-4-8-17-14/h6-7,9,14,17-18H,3-5,8H2,1-2H3. The van der Waals surface area contributed by atoms with E-state index in [2.05, 4.69) is 35.4 Å². The molecule has 1 fully saturated rings. The van der Waals surface area contributed by atoms with Gasteiger partial charge in [-0.05, 0) is 50.4 Å². The van der Waals surface area contributed by atoms with Crippen molar-refractivity contribution in [3.63, 3.8) is 0 Å². The molecule has 1 aliphatic rings. The highest BCUT2D eigenvalue weighted by molar-refractivity contribution is 6.11. The second-order valence-electron chi connectivity index (χ2n) is 5.37. The van der Waals surface area contributed by atoms with Crippen LogP contribution in [0.15, 0.2) is 18.2 Å². The van der Waals surface area contributed by atoms with Crippen LogP contribution in [0.2, 0.25) is 0 Å². The maximum absolute atomic E-state index is 12.7. The van der Waals surface area contributed by atoms with Crippen LogP contribution in [0.4, 0.5) is 0 Å². The molecule has 0 radical (unpaired) electrons. The smallest absolute Gasteiger partial charge is 0.182 e. The first-order valence-electron chi connectivity index (χ1n) is 7.09. The van der Waals surface area contributed by atoms with E-state index in [1.165, 1.54) is 5.56 Å². The molecule has 3 rings (SSSR count). The Labute approximate surface area is 113 Å². The summed E-state index contributed by atoms with van der Waals surface area (Å²) in [6.45, 7) is 5.09. The van der Waals surface area contributed by atoms with Gasteiger partial charge in [-0.15, -0.1) is 0 Å². The lowest BCUT2D eigenvalue weighted by molar-refractivity contribution is 0.0953. The monoisotopic (exact) mass is 256 g/mol. The lowest BCUT2D eigenvalue weighted by Crippen LogP contribution is -2.31. The molecular weight excluding hydrogens is 236 g/mol. The van der Waals surface area contributed by atoms with Crippen LogP contribution in [-0.4, -0.2) is 23.4 Å². The zero-order valence-corrected chi connectivity index (χ0v) is 11.5. The number of hydrogen-bond acceptors (Lipinski definition) is 2. The molecule has 0 amide bonds. The maximum Gasteiger partial charge on any atom is 0.182 e. The topological polar surface area (TPSA) is 44.9 Å². The zero-order chi connectivity index (χ0) is 13.4. The normalized spacial score (nSPS) is 19.2. The first-order chi connectivity index (χ1) is 9.20. The van der Waals surface area contributed by atoms with Gasteiger partial charge in [0.15, 0.2) is 5.78 Å². The fourth-order valence-corrected chi connectivity index (χ4v) is 2.99. The lowest BCUT2D eigenvalue weighted by atomic mass is 9.98. The number of H-pyrrole nitrogens is 1. The molecule has 0 saturated carbocycles. The minimum atomic E-state index is 0.00276. The molecule has 2 aromatic rings. The van der Waals surface area contributed by atoms with Crippen LogP contribution in [0.25, 0.3) is 10.9 Å². The molecule has 2 N–H and O–H groups in total. The van der Waals surface area contributed by atoms with Crippen molar-refractivity contribution in [2.24, 2.45) is 0 Å². The first kappa shape index (κ1) is 12.4. The SMILES string of the molecule is CCc1ccc2[nH]c(C)c(C(=O)C3CCCN3)c2c1. The average molecular weight is 256 g/mol. The molecule has 19 heavy (non-hydrogen) atoms. The minimum Gasteiger partial charge on any atom is -0.358 e. The van der Waals surface area contributed by atoms with E-state index in [4.69, 9.17) is 0 Å². The Morgan fingerprint density at radius 3 is 2.95 bits per heavy atom. The molecule has 3 nitrogen and oxygen atoms in total. The Balaban J connectivity index is 2.10. The number of aromatic amines is 1. The predicted octanol–water partition coefficient (Wildman–Crippen LogP) is 2.97. The van der Waals surface area contributed by atoms with E-state index in [1.807, 2.05) is 6.92 Å². The Morgan fingerprint density at radius 2 is 2.26 bits per heavy atom. The number of nitrogens with one attached hydrogen (secondary N) is 2. The second-order valence-corrected chi connectivity index (χ2v) is 5.37. The van der Waals surface area contributed by atoms with E-state index < -0.39 is 0 Å². The van der Waals surface area contributed by atoms with Crippen molar-refractivity contribution < 1.29 is 4.79 Å². The van der Waals surface area contributed by atoms with Crippen molar-refractivity contribution in [2.45, 2.75) is 39.2 Å². The highest BCUT2D eigenvalue weighted by Crippen LogP contribution is 2.26. The van der Waals surface area contributed by atoms with E-state index in [0.717, 1.165) is 48.0 Å². The predicted molar refractivity (Wildman–Crippen MR) is 77.8 cm³/mol. The summed E-state index contributed by atoms with van der Waals surface area (Å²) >= 11 is 0. The summed E-state index contributed by atoms with van der Waals surface area (Å²) in [5.41, 5.74) is 4.21. The van der Waals surface area contributed by atoms with Gasteiger partial charge in [0, 0.05) is 22.2 Å². The molecule has 0 aliphatic carbocycles. The van der Waals surface area contributed by atoms with E-state index >= 15 is 0 Å². The number of Topliss-reactive ketones (excluding diaryl/α,β-unsaturated/α-hetero) is 1. The molecule has 100 valence electrons. The molecular formula is C16H20N2O. The van der Waals surface area contributed by atoms with Gasteiger partial charge in [0.1, 0.15) is 0 Å². The Kier molecular flexibility index (Phi) is 3.15. The molecule has 1 saturated heterocycles. The van der Waals surface area contributed by atoms with Gasteiger partial charge >= 0.3 is 0 Å². The number of hydrogen-bond donors (Lipinski definition) is 2. The molecule has 1 unspecified atom stereocenters. The molecule has 0 bridgehead atoms. The van der Waals surface area contributed by atoms with E-state index in [1.54, 1.807) is 0 Å². The third-order valence-corrected chi connectivity index (χ3v) is 4.08. The summed E-state index contributed by atoms with van der Waals surface area (Å²) in [5.74, 6) is 0.245. The van der Waals surface area contributed by atoms with Crippen LogP contribution >= 0.6 is 0 Å². The number of aryl methyl sites for hydroxylation is 2. The van der Waals surface area contributed by atoms with Gasteiger partial charge in [0.2, 0.25) is 0 Å². The van der Waals surface area contributed by atoms with Crippen molar-refractivity contribution >= 4 is 16.7 Å². The molecule has 1 aliphatic heterocycles. The number of benzene rings is 1. The summed E-state index contributed by atoms with van der Waals surface area (Å²) in [4.78, 5) is 16.0. The van der Waals surface area contributed by atoms with Crippen LogP contribution in [0, 0.1) is 6.92 Å². The van der Waals surface area contributed by atoms with Crippen molar-refractivity contribution in [3.05, 3.63) is 35.0 Å². The van der Waals surface area contributed by atoms with Gasteiger partial charge < -0.3 is 10.3 Å². The van der Waals surface area contributed by atoms with Crippen LogP contribution in [0.5, 0.6) is 0 Å². The number of ketones is 1. The first-order valence-corrected chi connectivity index (χ1v) is 7.09. The third-order valence-electron chi connectivity index (χ3n) is 4.08. The Bertz CT molecular complexity index is 621. The Hall–Kier alpha value is -1.61.